The van der Waals surface area contributed by atoms with Crippen LogP contribution in [0.15, 0.2) is 53.6 Å². The van der Waals surface area contributed by atoms with E-state index in [4.69, 9.17) is 0 Å². The highest BCUT2D eigenvalue weighted by Gasteiger charge is 2.19. The summed E-state index contributed by atoms with van der Waals surface area (Å²) >= 11 is 2.25. The van der Waals surface area contributed by atoms with Gasteiger partial charge >= 0.3 is 0 Å². The van der Waals surface area contributed by atoms with Gasteiger partial charge in [-0.25, -0.2) is 5.43 Å². The molecule has 0 unspecified atom stereocenters. The van der Waals surface area contributed by atoms with Crippen LogP contribution in [-0.4, -0.2) is 17.1 Å². The maximum atomic E-state index is 12.5. The van der Waals surface area contributed by atoms with Gasteiger partial charge in [0.25, 0.3) is 5.91 Å². The van der Waals surface area contributed by atoms with Crippen LogP contribution in [0, 0.1) is 3.57 Å². The fraction of sp³-hybridized carbons (Fsp3) is 0.158. The summed E-state index contributed by atoms with van der Waals surface area (Å²) in [6, 6.07) is 15.9. The van der Waals surface area contributed by atoms with Crippen molar-refractivity contribution in [2.24, 2.45) is 5.10 Å². The summed E-state index contributed by atoms with van der Waals surface area (Å²) in [4.78, 5) is 15.7. The van der Waals surface area contributed by atoms with Crippen molar-refractivity contribution in [1.29, 1.82) is 0 Å². The third-order valence-electron chi connectivity index (χ3n) is 3.80. The number of carbonyl (C=O) groups excluding carboxylic acids is 1. The van der Waals surface area contributed by atoms with Crippen molar-refractivity contribution in [2.45, 2.75) is 19.8 Å². The van der Waals surface area contributed by atoms with Crippen LogP contribution >= 0.6 is 22.6 Å². The molecule has 3 rings (SSSR count). The van der Waals surface area contributed by atoms with Gasteiger partial charge in [0, 0.05) is 14.5 Å². The molecule has 2 N–H and O–H groups in total. The monoisotopic (exact) mass is 431 g/mol. The van der Waals surface area contributed by atoms with E-state index in [1.54, 1.807) is 6.21 Å². The standard InChI is InChI=1S/C19H18IN3O/c1-12(2)17-15-5-3-4-6-16(15)22-18(17)19(24)23-21-11-13-7-9-14(20)10-8-13/h3-12,22H,1-2H3,(H,23,24)/b21-11+. The van der Waals surface area contributed by atoms with E-state index >= 15 is 0 Å². The van der Waals surface area contributed by atoms with E-state index in [1.807, 2.05) is 48.5 Å². The first-order valence-electron chi connectivity index (χ1n) is 7.76. The molecule has 0 aliphatic rings. The molecule has 0 atom stereocenters. The van der Waals surface area contributed by atoms with Crippen LogP contribution in [0.3, 0.4) is 0 Å². The number of amides is 1. The Balaban J connectivity index is 1.83. The molecule has 0 bridgehead atoms. The molecular weight excluding hydrogens is 413 g/mol. The molecular formula is C19H18IN3O. The Kier molecular flexibility index (Phi) is 4.99. The average Bonchev–Trinajstić information content (AvgIpc) is 2.96. The van der Waals surface area contributed by atoms with Crippen molar-refractivity contribution in [3.05, 3.63) is 68.9 Å². The molecule has 0 aliphatic carbocycles. The minimum atomic E-state index is -0.225. The highest BCUT2D eigenvalue weighted by atomic mass is 127. The predicted molar refractivity (Wildman–Crippen MR) is 107 cm³/mol. The predicted octanol–water partition coefficient (Wildman–Crippen LogP) is 4.66. The molecule has 1 amide bonds. The van der Waals surface area contributed by atoms with Crippen molar-refractivity contribution >= 4 is 45.6 Å². The smallest absolute Gasteiger partial charge is 0.288 e. The van der Waals surface area contributed by atoms with Crippen molar-refractivity contribution < 1.29 is 4.79 Å². The van der Waals surface area contributed by atoms with Crippen molar-refractivity contribution in [3.8, 4) is 0 Å². The van der Waals surface area contributed by atoms with E-state index in [9.17, 15) is 4.79 Å². The quantitative estimate of drug-likeness (QED) is 0.353. The zero-order chi connectivity index (χ0) is 17.1. The molecule has 0 radical (unpaired) electrons. The first kappa shape index (κ1) is 16.7. The number of aromatic amines is 1. The minimum absolute atomic E-state index is 0.225. The molecule has 0 fully saturated rings. The normalized spacial score (nSPS) is 11.5. The number of nitrogens with zero attached hydrogens (tertiary/aromatic N) is 1. The van der Waals surface area contributed by atoms with Gasteiger partial charge in [-0.05, 0) is 57.8 Å². The van der Waals surface area contributed by atoms with Crippen LogP contribution in [0.2, 0.25) is 0 Å². The van der Waals surface area contributed by atoms with Crippen LogP contribution in [0.4, 0.5) is 0 Å². The van der Waals surface area contributed by atoms with Crippen LogP contribution in [0.1, 0.15) is 41.4 Å². The molecule has 24 heavy (non-hydrogen) atoms. The highest BCUT2D eigenvalue weighted by Crippen LogP contribution is 2.28. The summed E-state index contributed by atoms with van der Waals surface area (Å²) in [7, 11) is 0. The van der Waals surface area contributed by atoms with E-state index in [1.165, 1.54) is 0 Å². The van der Waals surface area contributed by atoms with Gasteiger partial charge < -0.3 is 4.98 Å². The topological polar surface area (TPSA) is 57.2 Å². The number of nitrogens with one attached hydrogen (secondary N) is 2. The zero-order valence-corrected chi connectivity index (χ0v) is 15.7. The van der Waals surface area contributed by atoms with Gasteiger partial charge in [0.15, 0.2) is 0 Å². The fourth-order valence-electron chi connectivity index (χ4n) is 2.71. The number of benzene rings is 2. The third kappa shape index (κ3) is 3.51. The van der Waals surface area contributed by atoms with Gasteiger partial charge in [0.1, 0.15) is 5.69 Å². The highest BCUT2D eigenvalue weighted by molar-refractivity contribution is 14.1. The second-order valence-corrected chi connectivity index (χ2v) is 7.11. The molecule has 0 aliphatic heterocycles. The van der Waals surface area contributed by atoms with Gasteiger partial charge in [0.05, 0.1) is 6.21 Å². The number of carbonyl (C=O) groups is 1. The van der Waals surface area contributed by atoms with E-state index in [0.717, 1.165) is 25.6 Å². The Bertz CT molecular complexity index is 895. The number of hydrogen-bond acceptors (Lipinski definition) is 2. The summed E-state index contributed by atoms with van der Waals surface area (Å²) in [5, 5.41) is 5.15. The van der Waals surface area contributed by atoms with E-state index < -0.39 is 0 Å². The van der Waals surface area contributed by atoms with Gasteiger partial charge in [-0.1, -0.05) is 44.2 Å². The Morgan fingerprint density at radius 3 is 2.58 bits per heavy atom. The van der Waals surface area contributed by atoms with Gasteiger partial charge in [-0.3, -0.25) is 4.79 Å². The largest absolute Gasteiger partial charge is 0.350 e. The van der Waals surface area contributed by atoms with Gasteiger partial charge in [-0.15, -0.1) is 0 Å². The van der Waals surface area contributed by atoms with Gasteiger partial charge in [0.2, 0.25) is 0 Å². The second kappa shape index (κ2) is 7.17. The first-order chi connectivity index (χ1) is 11.6. The lowest BCUT2D eigenvalue weighted by atomic mass is 9.99. The third-order valence-corrected chi connectivity index (χ3v) is 4.52. The van der Waals surface area contributed by atoms with Crippen LogP contribution < -0.4 is 5.43 Å². The molecule has 0 saturated carbocycles. The number of hydrazone groups is 1. The molecule has 122 valence electrons. The molecule has 1 heterocycles. The van der Waals surface area contributed by atoms with E-state index in [-0.39, 0.29) is 11.8 Å². The number of para-hydroxylation sites is 1. The number of halogens is 1. The van der Waals surface area contributed by atoms with Crippen molar-refractivity contribution in [2.75, 3.05) is 0 Å². The second-order valence-electron chi connectivity index (χ2n) is 5.86. The van der Waals surface area contributed by atoms with E-state index in [2.05, 4.69) is 51.9 Å². The number of H-pyrrole nitrogens is 1. The van der Waals surface area contributed by atoms with Crippen LogP contribution in [-0.2, 0) is 0 Å². The van der Waals surface area contributed by atoms with Crippen LogP contribution in [0.25, 0.3) is 10.9 Å². The fourth-order valence-corrected chi connectivity index (χ4v) is 3.07. The van der Waals surface area contributed by atoms with Crippen molar-refractivity contribution in [1.82, 2.24) is 10.4 Å². The SMILES string of the molecule is CC(C)c1c(C(=O)N/N=C/c2ccc(I)cc2)[nH]c2ccccc12. The first-order valence-corrected chi connectivity index (χ1v) is 8.83. The Labute approximate surface area is 154 Å². The molecule has 4 nitrogen and oxygen atoms in total. The Morgan fingerprint density at radius 1 is 1.17 bits per heavy atom. The lowest BCUT2D eigenvalue weighted by Crippen LogP contribution is -2.19. The molecule has 0 spiro atoms. The Morgan fingerprint density at radius 2 is 1.88 bits per heavy atom. The molecule has 2 aromatic carbocycles. The number of rotatable bonds is 4. The zero-order valence-electron chi connectivity index (χ0n) is 13.5. The number of fused-ring (bicyclic) bond motifs is 1. The maximum absolute atomic E-state index is 12.5. The minimum Gasteiger partial charge on any atom is -0.350 e. The summed E-state index contributed by atoms with van der Waals surface area (Å²) in [6.45, 7) is 4.17. The van der Waals surface area contributed by atoms with E-state index in [0.29, 0.717) is 5.69 Å². The lowest BCUT2D eigenvalue weighted by molar-refractivity contribution is 0.0949. The summed E-state index contributed by atoms with van der Waals surface area (Å²) in [5.41, 5.74) is 6.12. The maximum Gasteiger partial charge on any atom is 0.288 e. The van der Waals surface area contributed by atoms with Crippen LogP contribution in [0.5, 0.6) is 0 Å². The average molecular weight is 431 g/mol. The summed E-state index contributed by atoms with van der Waals surface area (Å²) in [6.07, 6.45) is 1.64. The molecule has 1 aromatic heterocycles. The summed E-state index contributed by atoms with van der Waals surface area (Å²) in [5.74, 6) is 0.0127. The lowest BCUT2D eigenvalue weighted by Gasteiger charge is -2.07. The molecule has 0 saturated heterocycles. The van der Waals surface area contributed by atoms with Gasteiger partial charge in [-0.2, -0.15) is 5.10 Å². The summed E-state index contributed by atoms with van der Waals surface area (Å²) < 4.78 is 1.16. The number of aromatic nitrogens is 1. The number of hydrogen-bond donors (Lipinski definition) is 2. The Hall–Kier alpha value is -2.15. The molecule has 3 aromatic rings. The van der Waals surface area contributed by atoms with Crippen molar-refractivity contribution in [3.63, 3.8) is 0 Å². The molecule has 5 heteroatoms.